The first-order valence-corrected chi connectivity index (χ1v) is 5.19. The van der Waals surface area contributed by atoms with Crippen LogP contribution in [-0.2, 0) is 0 Å². The number of benzene rings is 1. The Morgan fingerprint density at radius 3 is 2.94 bits per heavy atom. The Labute approximate surface area is 99.4 Å². The molecule has 0 spiro atoms. The minimum atomic E-state index is -0.972. The van der Waals surface area contributed by atoms with Gasteiger partial charge in [-0.3, -0.25) is 0 Å². The lowest BCUT2D eigenvalue weighted by Crippen LogP contribution is -2.07. The summed E-state index contributed by atoms with van der Waals surface area (Å²) in [6.07, 6.45) is 0.669. The second kappa shape index (κ2) is 6.04. The second-order valence-electron chi connectivity index (χ2n) is 3.10. The maximum absolute atomic E-state index is 10.9. The Balaban J connectivity index is 2.78. The van der Waals surface area contributed by atoms with E-state index in [1.165, 1.54) is 6.07 Å². The minimum Gasteiger partial charge on any atom is -0.478 e. The van der Waals surface area contributed by atoms with Crippen molar-refractivity contribution in [3.05, 3.63) is 28.8 Å². The normalized spacial score (nSPS) is 9.12. The molecule has 1 aromatic rings. The Morgan fingerprint density at radius 1 is 1.56 bits per heavy atom. The van der Waals surface area contributed by atoms with Gasteiger partial charge in [-0.1, -0.05) is 11.6 Å². The molecule has 16 heavy (non-hydrogen) atoms. The number of anilines is 1. The lowest BCUT2D eigenvalue weighted by Gasteiger charge is -2.08. The summed E-state index contributed by atoms with van der Waals surface area (Å²) in [4.78, 5) is 10.9. The van der Waals surface area contributed by atoms with Gasteiger partial charge in [0.2, 0.25) is 0 Å². The summed E-state index contributed by atoms with van der Waals surface area (Å²) >= 11 is 5.80. The van der Waals surface area contributed by atoms with Crippen molar-refractivity contribution in [3.63, 3.8) is 0 Å². The van der Waals surface area contributed by atoms with Crippen LogP contribution in [0.3, 0.4) is 0 Å². The molecule has 3 nitrogen and oxygen atoms in total. The van der Waals surface area contributed by atoms with Crippen molar-refractivity contribution >= 4 is 23.3 Å². The fourth-order valence-electron chi connectivity index (χ4n) is 1.23. The molecule has 0 unspecified atom stereocenters. The predicted molar refractivity (Wildman–Crippen MR) is 65.0 cm³/mol. The zero-order chi connectivity index (χ0) is 12.0. The van der Waals surface area contributed by atoms with Crippen molar-refractivity contribution in [2.45, 2.75) is 13.3 Å². The van der Waals surface area contributed by atoms with Crippen molar-refractivity contribution in [1.82, 2.24) is 0 Å². The lowest BCUT2D eigenvalue weighted by molar-refractivity contribution is 0.0698. The second-order valence-corrected chi connectivity index (χ2v) is 3.54. The number of aromatic carboxylic acids is 1. The largest absolute Gasteiger partial charge is 0.478 e. The molecule has 0 aliphatic heterocycles. The lowest BCUT2D eigenvalue weighted by atomic mass is 10.2. The molecule has 0 aliphatic rings. The summed E-state index contributed by atoms with van der Waals surface area (Å²) in [5, 5.41) is 12.5. The molecule has 0 aromatic heterocycles. The molecule has 0 saturated carbocycles. The molecule has 0 radical (unpaired) electrons. The number of rotatable bonds is 4. The minimum absolute atomic E-state index is 0.217. The van der Waals surface area contributed by atoms with Crippen molar-refractivity contribution in [2.24, 2.45) is 0 Å². The Kier molecular flexibility index (Phi) is 4.68. The van der Waals surface area contributed by atoms with E-state index in [1.807, 2.05) is 0 Å². The van der Waals surface area contributed by atoms with Crippen LogP contribution in [0.1, 0.15) is 23.7 Å². The summed E-state index contributed by atoms with van der Waals surface area (Å²) in [5.41, 5.74) is 0.742. The molecule has 0 aliphatic carbocycles. The molecule has 0 saturated heterocycles. The van der Waals surface area contributed by atoms with E-state index >= 15 is 0 Å². The number of nitrogens with one attached hydrogen (secondary N) is 1. The number of carbonyl (C=O) groups is 1. The van der Waals surface area contributed by atoms with Gasteiger partial charge in [0.1, 0.15) is 0 Å². The summed E-state index contributed by atoms with van der Waals surface area (Å²) in [6, 6.07) is 4.64. The van der Waals surface area contributed by atoms with E-state index in [9.17, 15) is 4.79 Å². The summed E-state index contributed by atoms with van der Waals surface area (Å²) in [5.74, 6) is 4.69. The predicted octanol–water partition coefficient (Wildman–Crippen LogP) is 2.86. The van der Waals surface area contributed by atoms with Gasteiger partial charge in [-0.15, -0.1) is 11.8 Å². The highest BCUT2D eigenvalue weighted by molar-refractivity contribution is 6.31. The molecule has 1 rings (SSSR count). The molecular formula is C12H12ClNO2. The highest BCUT2D eigenvalue weighted by Crippen LogP contribution is 2.20. The average molecular weight is 238 g/mol. The van der Waals surface area contributed by atoms with Gasteiger partial charge in [-0.25, -0.2) is 4.79 Å². The highest BCUT2D eigenvalue weighted by Gasteiger charge is 2.09. The van der Waals surface area contributed by atoms with E-state index in [0.29, 0.717) is 23.7 Å². The molecule has 0 heterocycles. The Morgan fingerprint density at radius 2 is 2.31 bits per heavy atom. The van der Waals surface area contributed by atoms with Gasteiger partial charge in [-0.2, -0.15) is 0 Å². The van der Waals surface area contributed by atoms with Crippen LogP contribution in [0.4, 0.5) is 5.69 Å². The highest BCUT2D eigenvalue weighted by atomic mass is 35.5. The summed E-state index contributed by atoms with van der Waals surface area (Å²) in [6.45, 7) is 2.36. The van der Waals surface area contributed by atoms with Gasteiger partial charge >= 0.3 is 5.97 Å². The van der Waals surface area contributed by atoms with Crippen molar-refractivity contribution < 1.29 is 9.90 Å². The quantitative estimate of drug-likeness (QED) is 0.625. The van der Waals surface area contributed by atoms with Crippen molar-refractivity contribution in [2.75, 3.05) is 11.9 Å². The Hall–Kier alpha value is -1.66. The fourth-order valence-corrected chi connectivity index (χ4v) is 1.41. The van der Waals surface area contributed by atoms with E-state index in [2.05, 4.69) is 17.2 Å². The molecule has 0 bridgehead atoms. The van der Waals surface area contributed by atoms with Gasteiger partial charge < -0.3 is 10.4 Å². The third-order valence-corrected chi connectivity index (χ3v) is 2.19. The van der Waals surface area contributed by atoms with E-state index in [0.717, 1.165) is 0 Å². The van der Waals surface area contributed by atoms with Crippen LogP contribution in [0.2, 0.25) is 5.02 Å². The summed E-state index contributed by atoms with van der Waals surface area (Å²) < 4.78 is 0. The van der Waals surface area contributed by atoms with E-state index in [4.69, 9.17) is 16.7 Å². The van der Waals surface area contributed by atoms with Crippen LogP contribution >= 0.6 is 11.6 Å². The third-order valence-electron chi connectivity index (χ3n) is 1.95. The zero-order valence-electron chi connectivity index (χ0n) is 8.88. The molecule has 4 heteroatoms. The van der Waals surface area contributed by atoms with Gasteiger partial charge in [0, 0.05) is 18.0 Å². The van der Waals surface area contributed by atoms with E-state index in [-0.39, 0.29) is 5.56 Å². The van der Waals surface area contributed by atoms with E-state index < -0.39 is 5.97 Å². The summed E-state index contributed by atoms with van der Waals surface area (Å²) in [7, 11) is 0. The van der Waals surface area contributed by atoms with Gasteiger partial charge in [0.15, 0.2) is 0 Å². The first-order chi connectivity index (χ1) is 7.65. The first kappa shape index (κ1) is 12.4. The van der Waals surface area contributed by atoms with Crippen LogP contribution in [-0.4, -0.2) is 17.6 Å². The zero-order valence-corrected chi connectivity index (χ0v) is 9.64. The number of carboxylic acids is 1. The van der Waals surface area contributed by atoms with Crippen LogP contribution < -0.4 is 5.32 Å². The molecule has 2 N–H and O–H groups in total. The molecular weight excluding hydrogens is 226 g/mol. The number of carboxylic acid groups (broad SMARTS) is 1. The van der Waals surface area contributed by atoms with Gasteiger partial charge in [0.25, 0.3) is 0 Å². The maximum Gasteiger partial charge on any atom is 0.337 e. The fraction of sp³-hybridized carbons (Fsp3) is 0.250. The standard InChI is InChI=1S/C12H12ClNO2/c1-2-3-4-7-14-11-8-9(13)5-6-10(11)12(15)16/h5-6,8,14H,4,7H2,1H3,(H,15,16). The number of hydrogen-bond donors (Lipinski definition) is 2. The van der Waals surface area contributed by atoms with Crippen LogP contribution in [0.15, 0.2) is 18.2 Å². The van der Waals surface area contributed by atoms with Crippen molar-refractivity contribution in [3.8, 4) is 11.8 Å². The monoisotopic (exact) mass is 237 g/mol. The smallest absolute Gasteiger partial charge is 0.337 e. The van der Waals surface area contributed by atoms with Gasteiger partial charge in [-0.05, 0) is 25.1 Å². The van der Waals surface area contributed by atoms with E-state index in [1.54, 1.807) is 19.1 Å². The van der Waals surface area contributed by atoms with Crippen LogP contribution in [0.5, 0.6) is 0 Å². The number of halogens is 1. The number of hydrogen-bond acceptors (Lipinski definition) is 2. The van der Waals surface area contributed by atoms with Crippen LogP contribution in [0.25, 0.3) is 0 Å². The Bertz CT molecular complexity index is 446. The SMILES string of the molecule is CC#CCCNc1cc(Cl)ccc1C(=O)O. The van der Waals surface area contributed by atoms with Crippen molar-refractivity contribution in [1.29, 1.82) is 0 Å². The topological polar surface area (TPSA) is 49.3 Å². The third kappa shape index (κ3) is 3.48. The van der Waals surface area contributed by atoms with Gasteiger partial charge in [0.05, 0.1) is 11.3 Å². The molecule has 0 atom stereocenters. The molecule has 84 valence electrons. The average Bonchev–Trinajstić information content (AvgIpc) is 2.24. The molecule has 0 amide bonds. The molecule has 1 aromatic carbocycles. The molecule has 0 fully saturated rings. The first-order valence-electron chi connectivity index (χ1n) is 4.81. The van der Waals surface area contributed by atoms with Crippen LogP contribution in [0, 0.1) is 11.8 Å². The maximum atomic E-state index is 10.9.